The lowest BCUT2D eigenvalue weighted by molar-refractivity contribution is 0.100. The van der Waals surface area contributed by atoms with Crippen LogP contribution >= 0.6 is 0 Å². The molecule has 0 aliphatic rings. The molecule has 0 fully saturated rings. The molecule has 0 saturated carbocycles. The van der Waals surface area contributed by atoms with Crippen LogP contribution in [0.1, 0.15) is 34.2 Å². The molecule has 0 unspecified atom stereocenters. The third-order valence-electron chi connectivity index (χ3n) is 3.50. The molecule has 1 amide bonds. The highest BCUT2D eigenvalue weighted by Crippen LogP contribution is 2.12. The van der Waals surface area contributed by atoms with Crippen molar-refractivity contribution in [3.05, 3.63) is 47.9 Å². The van der Waals surface area contributed by atoms with Crippen LogP contribution in [0.2, 0.25) is 0 Å². The van der Waals surface area contributed by atoms with Crippen molar-refractivity contribution in [3.63, 3.8) is 0 Å². The summed E-state index contributed by atoms with van der Waals surface area (Å²) in [4.78, 5) is 34.1. The molecule has 0 bridgehead atoms. The number of rotatable bonds is 8. The highest BCUT2D eigenvalue weighted by molar-refractivity contribution is 6.03. The van der Waals surface area contributed by atoms with Gasteiger partial charge in [-0.2, -0.15) is 0 Å². The second-order valence-corrected chi connectivity index (χ2v) is 5.96. The van der Waals surface area contributed by atoms with E-state index in [2.05, 4.69) is 25.5 Å². The fourth-order valence-corrected chi connectivity index (χ4v) is 2.16. The molecule has 0 aliphatic heterocycles. The Kier molecular flexibility index (Phi) is 6.59. The van der Waals surface area contributed by atoms with Gasteiger partial charge in [-0.3, -0.25) is 9.59 Å². The predicted molar refractivity (Wildman–Crippen MR) is 98.1 cm³/mol. The van der Waals surface area contributed by atoms with E-state index in [1.165, 1.54) is 19.3 Å². The molecular weight excluding hydrogens is 318 g/mol. The van der Waals surface area contributed by atoms with Crippen molar-refractivity contribution in [1.29, 1.82) is 0 Å². The van der Waals surface area contributed by atoms with Crippen LogP contribution in [0.15, 0.2) is 36.7 Å². The number of anilines is 2. The maximum absolute atomic E-state index is 12.2. The van der Waals surface area contributed by atoms with E-state index in [1.54, 1.807) is 24.3 Å². The Morgan fingerprint density at radius 1 is 1.16 bits per heavy atom. The zero-order chi connectivity index (χ0) is 18.2. The lowest BCUT2D eigenvalue weighted by Crippen LogP contribution is -2.17. The van der Waals surface area contributed by atoms with Gasteiger partial charge in [0.05, 0.1) is 12.4 Å². The fourth-order valence-electron chi connectivity index (χ4n) is 2.16. The van der Waals surface area contributed by atoms with Gasteiger partial charge in [-0.1, -0.05) is 12.1 Å². The highest BCUT2D eigenvalue weighted by Gasteiger charge is 2.09. The summed E-state index contributed by atoms with van der Waals surface area (Å²) >= 11 is 0. The number of Topliss-reactive ketones (excluding diaryl/α,β-unsaturated/α-hetero) is 1. The fraction of sp³-hybridized carbons (Fsp3) is 0.333. The predicted octanol–water partition coefficient (Wildman–Crippen LogP) is 2.30. The molecule has 7 heteroatoms. The number of hydrogen-bond acceptors (Lipinski definition) is 6. The first kappa shape index (κ1) is 18.5. The Morgan fingerprint density at radius 3 is 2.60 bits per heavy atom. The summed E-state index contributed by atoms with van der Waals surface area (Å²) < 4.78 is 0. The van der Waals surface area contributed by atoms with Gasteiger partial charge in [-0.25, -0.2) is 9.97 Å². The number of nitrogens with zero attached hydrogens (tertiary/aromatic N) is 3. The van der Waals surface area contributed by atoms with Gasteiger partial charge >= 0.3 is 0 Å². The van der Waals surface area contributed by atoms with Gasteiger partial charge in [0.2, 0.25) is 0 Å². The molecule has 1 aromatic carbocycles. The number of carbonyl (C=O) groups excluding carboxylic acids is 2. The lowest BCUT2D eigenvalue weighted by Gasteiger charge is -2.10. The van der Waals surface area contributed by atoms with Gasteiger partial charge in [0.15, 0.2) is 5.78 Å². The smallest absolute Gasteiger partial charge is 0.275 e. The molecule has 0 radical (unpaired) electrons. The van der Waals surface area contributed by atoms with Crippen LogP contribution in [0.25, 0.3) is 0 Å². The molecule has 132 valence electrons. The van der Waals surface area contributed by atoms with Crippen LogP contribution in [-0.4, -0.2) is 53.7 Å². The van der Waals surface area contributed by atoms with Crippen molar-refractivity contribution in [1.82, 2.24) is 14.9 Å². The number of amides is 1. The van der Waals surface area contributed by atoms with E-state index >= 15 is 0 Å². The monoisotopic (exact) mass is 341 g/mol. The van der Waals surface area contributed by atoms with Gasteiger partial charge in [0, 0.05) is 17.8 Å². The van der Waals surface area contributed by atoms with Crippen molar-refractivity contribution in [2.24, 2.45) is 0 Å². The van der Waals surface area contributed by atoms with E-state index in [0.717, 1.165) is 19.5 Å². The number of carbonyl (C=O) groups is 2. The SMILES string of the molecule is CC(=O)c1cccc(NC(=O)c2cnc(NCCCN(C)C)cn2)c1. The Hall–Kier alpha value is -2.80. The number of aromatic nitrogens is 2. The standard InChI is InChI=1S/C18H23N5O2/c1-13(24)14-6-4-7-15(10-14)22-18(25)16-11-21-17(12-20-16)19-8-5-9-23(2)3/h4,6-7,10-12H,5,8-9H2,1-3H3,(H,19,21)(H,22,25). The van der Waals surface area contributed by atoms with E-state index in [4.69, 9.17) is 0 Å². The van der Waals surface area contributed by atoms with Crippen LogP contribution in [0.5, 0.6) is 0 Å². The summed E-state index contributed by atoms with van der Waals surface area (Å²) in [6.45, 7) is 3.26. The summed E-state index contributed by atoms with van der Waals surface area (Å²) in [5.41, 5.74) is 1.30. The van der Waals surface area contributed by atoms with E-state index in [1.807, 2.05) is 14.1 Å². The summed E-state index contributed by atoms with van der Waals surface area (Å²) in [7, 11) is 4.05. The Labute approximate surface area is 147 Å². The molecule has 1 aromatic heterocycles. The quantitative estimate of drug-likeness (QED) is 0.566. The topological polar surface area (TPSA) is 87.2 Å². The molecule has 2 N–H and O–H groups in total. The van der Waals surface area contributed by atoms with Gasteiger partial charge < -0.3 is 15.5 Å². The first-order valence-electron chi connectivity index (χ1n) is 8.08. The van der Waals surface area contributed by atoms with Crippen molar-refractivity contribution in [2.45, 2.75) is 13.3 Å². The van der Waals surface area contributed by atoms with Crippen molar-refractivity contribution in [2.75, 3.05) is 37.8 Å². The maximum Gasteiger partial charge on any atom is 0.275 e. The average molecular weight is 341 g/mol. The largest absolute Gasteiger partial charge is 0.369 e. The molecule has 7 nitrogen and oxygen atoms in total. The minimum absolute atomic E-state index is 0.0550. The third-order valence-corrected chi connectivity index (χ3v) is 3.50. The van der Waals surface area contributed by atoms with Crippen LogP contribution in [-0.2, 0) is 0 Å². The zero-order valence-electron chi connectivity index (χ0n) is 14.7. The van der Waals surface area contributed by atoms with Crippen molar-refractivity contribution >= 4 is 23.2 Å². The molecule has 1 heterocycles. The van der Waals surface area contributed by atoms with Crippen molar-refractivity contribution < 1.29 is 9.59 Å². The summed E-state index contributed by atoms with van der Waals surface area (Å²) in [6, 6.07) is 6.78. The minimum atomic E-state index is -0.368. The molecule has 0 spiro atoms. The van der Waals surface area contributed by atoms with E-state index < -0.39 is 0 Å². The Bertz CT molecular complexity index is 729. The second kappa shape index (κ2) is 8.89. The van der Waals surface area contributed by atoms with Gasteiger partial charge in [0.1, 0.15) is 11.5 Å². The van der Waals surface area contributed by atoms with Gasteiger partial charge in [-0.15, -0.1) is 0 Å². The van der Waals surface area contributed by atoms with E-state index in [-0.39, 0.29) is 17.4 Å². The van der Waals surface area contributed by atoms with Crippen LogP contribution in [0.4, 0.5) is 11.5 Å². The van der Waals surface area contributed by atoms with Gasteiger partial charge in [0.25, 0.3) is 5.91 Å². The number of nitrogens with one attached hydrogen (secondary N) is 2. The van der Waals surface area contributed by atoms with E-state index in [0.29, 0.717) is 17.1 Å². The first-order valence-corrected chi connectivity index (χ1v) is 8.08. The van der Waals surface area contributed by atoms with Crippen LogP contribution in [0, 0.1) is 0 Å². The van der Waals surface area contributed by atoms with Crippen molar-refractivity contribution in [3.8, 4) is 0 Å². The molecular formula is C18H23N5O2. The average Bonchev–Trinajstić information content (AvgIpc) is 2.59. The number of hydrogen-bond donors (Lipinski definition) is 2. The lowest BCUT2D eigenvalue weighted by atomic mass is 10.1. The molecule has 2 rings (SSSR count). The second-order valence-electron chi connectivity index (χ2n) is 5.96. The van der Waals surface area contributed by atoms with E-state index in [9.17, 15) is 9.59 Å². The molecule has 25 heavy (non-hydrogen) atoms. The third kappa shape index (κ3) is 5.96. The summed E-state index contributed by atoms with van der Waals surface area (Å²) in [6.07, 6.45) is 3.96. The zero-order valence-corrected chi connectivity index (χ0v) is 14.7. The van der Waals surface area contributed by atoms with Gasteiger partial charge in [-0.05, 0) is 46.1 Å². The first-order chi connectivity index (χ1) is 12.0. The maximum atomic E-state index is 12.2. The number of benzene rings is 1. The van der Waals surface area contributed by atoms with Crippen LogP contribution in [0.3, 0.4) is 0 Å². The molecule has 0 saturated heterocycles. The highest BCUT2D eigenvalue weighted by atomic mass is 16.2. The Balaban J connectivity index is 1.92. The summed E-state index contributed by atoms with van der Waals surface area (Å²) in [5.74, 6) is 0.210. The Morgan fingerprint density at radius 2 is 1.96 bits per heavy atom. The molecule has 2 aromatic rings. The normalized spacial score (nSPS) is 10.6. The molecule has 0 aliphatic carbocycles. The molecule has 0 atom stereocenters. The van der Waals surface area contributed by atoms with Crippen LogP contribution < -0.4 is 10.6 Å². The minimum Gasteiger partial charge on any atom is -0.369 e. The number of ketones is 1. The summed E-state index contributed by atoms with van der Waals surface area (Å²) in [5, 5.41) is 5.88.